The van der Waals surface area contributed by atoms with Crippen molar-refractivity contribution in [1.29, 1.82) is 0 Å². The second-order valence-electron chi connectivity index (χ2n) is 7.43. The molecule has 3 fully saturated rings. The molecule has 0 spiro atoms. The first-order valence-electron chi connectivity index (χ1n) is 8.69. The minimum atomic E-state index is -0.431. The second-order valence-corrected chi connectivity index (χ2v) is 7.43. The molecule has 4 rings (SSSR count). The number of ether oxygens (including phenoxy) is 2. The summed E-state index contributed by atoms with van der Waals surface area (Å²) in [4.78, 5) is 23.8. The van der Waals surface area contributed by atoms with Crippen LogP contribution in [0, 0.1) is 41.4 Å². The molecule has 0 aromatic carbocycles. The zero-order valence-electron chi connectivity index (χ0n) is 13.1. The van der Waals surface area contributed by atoms with Crippen LogP contribution in [0.2, 0.25) is 0 Å². The number of rotatable bonds is 5. The topological polar surface area (TPSA) is 52.6 Å². The van der Waals surface area contributed by atoms with E-state index in [0.717, 1.165) is 24.7 Å². The molecule has 0 radical (unpaired) electrons. The van der Waals surface area contributed by atoms with Crippen LogP contribution < -0.4 is 0 Å². The Labute approximate surface area is 131 Å². The van der Waals surface area contributed by atoms with Crippen molar-refractivity contribution in [1.82, 2.24) is 0 Å². The third kappa shape index (κ3) is 2.10. The monoisotopic (exact) mass is 304 g/mol. The Hall–Kier alpha value is -1.32. The van der Waals surface area contributed by atoms with Gasteiger partial charge in [0, 0.05) is 0 Å². The lowest BCUT2D eigenvalue weighted by Crippen LogP contribution is -2.35. The van der Waals surface area contributed by atoms with Gasteiger partial charge in [-0.3, -0.25) is 4.79 Å². The maximum atomic E-state index is 12.4. The van der Waals surface area contributed by atoms with Gasteiger partial charge in [-0.1, -0.05) is 19.1 Å². The zero-order chi connectivity index (χ0) is 15.3. The van der Waals surface area contributed by atoms with Gasteiger partial charge in [-0.05, 0) is 61.2 Å². The fourth-order valence-corrected chi connectivity index (χ4v) is 5.78. The predicted octanol–water partition coefficient (Wildman–Crippen LogP) is 2.58. The van der Waals surface area contributed by atoms with Gasteiger partial charge in [-0.2, -0.15) is 0 Å². The molecule has 0 amide bonds. The molecule has 4 heteroatoms. The highest BCUT2D eigenvalue weighted by Gasteiger charge is 2.62. The van der Waals surface area contributed by atoms with Crippen molar-refractivity contribution < 1.29 is 19.1 Å². The van der Waals surface area contributed by atoms with Crippen LogP contribution in [0.5, 0.6) is 0 Å². The SMILES string of the molecule is CCCOC(=O)COC(=O)C1CC2CC1C1C3C=CC(C3)C21. The summed E-state index contributed by atoms with van der Waals surface area (Å²) in [5.41, 5.74) is 0. The van der Waals surface area contributed by atoms with Gasteiger partial charge in [-0.25, -0.2) is 4.79 Å². The summed E-state index contributed by atoms with van der Waals surface area (Å²) in [5, 5.41) is 0. The van der Waals surface area contributed by atoms with Crippen LogP contribution in [0.4, 0.5) is 0 Å². The molecule has 7 atom stereocenters. The second kappa shape index (κ2) is 5.39. The first kappa shape index (κ1) is 14.3. The number of fused-ring (bicyclic) bond motifs is 9. The van der Waals surface area contributed by atoms with E-state index in [2.05, 4.69) is 12.2 Å². The lowest BCUT2D eigenvalue weighted by atomic mass is 9.69. The van der Waals surface area contributed by atoms with Crippen molar-refractivity contribution in [2.45, 2.75) is 32.6 Å². The van der Waals surface area contributed by atoms with Gasteiger partial charge in [0.1, 0.15) is 0 Å². The maximum absolute atomic E-state index is 12.4. The van der Waals surface area contributed by atoms with E-state index in [1.165, 1.54) is 12.8 Å². The Kier molecular flexibility index (Phi) is 3.50. The van der Waals surface area contributed by atoms with E-state index in [0.29, 0.717) is 30.3 Å². The molecule has 4 aliphatic carbocycles. The van der Waals surface area contributed by atoms with E-state index in [1.54, 1.807) is 0 Å². The molecule has 7 unspecified atom stereocenters. The molecule has 0 heterocycles. The van der Waals surface area contributed by atoms with E-state index in [-0.39, 0.29) is 18.5 Å². The third-order valence-electron chi connectivity index (χ3n) is 6.37. The highest BCUT2D eigenvalue weighted by atomic mass is 16.6. The standard InChI is InChI=1S/C18H24O4/c1-2-5-21-15(19)9-22-18(20)14-8-12-7-13(14)17-11-4-3-10(6-11)16(12)17/h3-4,10-14,16-17H,2,5-9H2,1H3. The molecular weight excluding hydrogens is 280 g/mol. The molecule has 3 saturated carbocycles. The van der Waals surface area contributed by atoms with Gasteiger partial charge in [0.15, 0.2) is 6.61 Å². The van der Waals surface area contributed by atoms with Crippen molar-refractivity contribution in [3.05, 3.63) is 12.2 Å². The summed E-state index contributed by atoms with van der Waals surface area (Å²) < 4.78 is 10.2. The number of allylic oxidation sites excluding steroid dienone is 2. The lowest BCUT2D eigenvalue weighted by Gasteiger charge is -2.35. The molecule has 4 aliphatic rings. The van der Waals surface area contributed by atoms with E-state index < -0.39 is 5.97 Å². The van der Waals surface area contributed by atoms with Gasteiger partial charge in [0.25, 0.3) is 0 Å². The molecule has 0 aromatic heterocycles. The van der Waals surface area contributed by atoms with E-state index in [9.17, 15) is 9.59 Å². The summed E-state index contributed by atoms with van der Waals surface area (Å²) in [7, 11) is 0. The first-order chi connectivity index (χ1) is 10.7. The van der Waals surface area contributed by atoms with Gasteiger partial charge in [0.05, 0.1) is 12.5 Å². The molecule has 0 aliphatic heterocycles. The molecule has 4 nitrogen and oxygen atoms in total. The number of carbonyl (C=O) groups is 2. The first-order valence-corrected chi connectivity index (χ1v) is 8.69. The van der Waals surface area contributed by atoms with Crippen LogP contribution >= 0.6 is 0 Å². The Balaban J connectivity index is 1.34. The van der Waals surface area contributed by atoms with Crippen LogP contribution in [0.3, 0.4) is 0 Å². The normalized spacial score (nSPS) is 43.4. The van der Waals surface area contributed by atoms with Crippen LogP contribution in [-0.4, -0.2) is 25.2 Å². The largest absolute Gasteiger partial charge is 0.463 e. The summed E-state index contributed by atoms with van der Waals surface area (Å²) in [6.45, 7) is 2.10. The van der Waals surface area contributed by atoms with E-state index in [4.69, 9.17) is 9.47 Å². The highest BCUT2D eigenvalue weighted by molar-refractivity contribution is 5.78. The lowest BCUT2D eigenvalue weighted by molar-refractivity contribution is -0.163. The van der Waals surface area contributed by atoms with Crippen molar-refractivity contribution in [2.24, 2.45) is 41.4 Å². The van der Waals surface area contributed by atoms with Gasteiger partial charge in [-0.15, -0.1) is 0 Å². The van der Waals surface area contributed by atoms with Gasteiger partial charge >= 0.3 is 11.9 Å². The van der Waals surface area contributed by atoms with Crippen molar-refractivity contribution in [3.63, 3.8) is 0 Å². The Morgan fingerprint density at radius 1 is 1.05 bits per heavy atom. The van der Waals surface area contributed by atoms with Crippen molar-refractivity contribution in [2.75, 3.05) is 13.2 Å². The Morgan fingerprint density at radius 3 is 2.59 bits per heavy atom. The van der Waals surface area contributed by atoms with Gasteiger partial charge < -0.3 is 9.47 Å². The van der Waals surface area contributed by atoms with E-state index >= 15 is 0 Å². The Morgan fingerprint density at radius 2 is 1.82 bits per heavy atom. The number of hydrogen-bond acceptors (Lipinski definition) is 4. The fourth-order valence-electron chi connectivity index (χ4n) is 5.78. The number of carbonyl (C=O) groups excluding carboxylic acids is 2. The molecule has 22 heavy (non-hydrogen) atoms. The molecular formula is C18H24O4. The minimum absolute atomic E-state index is 0.0120. The molecule has 120 valence electrons. The quantitative estimate of drug-likeness (QED) is 0.445. The number of hydrogen-bond donors (Lipinski definition) is 0. The summed E-state index contributed by atoms with van der Waals surface area (Å²) in [5.74, 6) is 3.55. The smallest absolute Gasteiger partial charge is 0.344 e. The van der Waals surface area contributed by atoms with Crippen molar-refractivity contribution >= 4 is 11.9 Å². The molecule has 4 bridgehead atoms. The maximum Gasteiger partial charge on any atom is 0.344 e. The summed E-state index contributed by atoms with van der Waals surface area (Å²) >= 11 is 0. The summed E-state index contributed by atoms with van der Waals surface area (Å²) in [6.07, 6.45) is 9.01. The molecule has 0 N–H and O–H groups in total. The highest BCUT2D eigenvalue weighted by Crippen LogP contribution is 2.67. The average Bonchev–Trinajstić information content (AvgIpc) is 3.27. The number of esters is 2. The molecule has 0 aromatic rings. The zero-order valence-corrected chi connectivity index (χ0v) is 13.1. The predicted molar refractivity (Wildman–Crippen MR) is 79.6 cm³/mol. The fraction of sp³-hybridized carbons (Fsp3) is 0.778. The van der Waals surface area contributed by atoms with E-state index in [1.807, 2.05) is 6.92 Å². The minimum Gasteiger partial charge on any atom is -0.463 e. The average molecular weight is 304 g/mol. The van der Waals surface area contributed by atoms with Crippen LogP contribution in [0.25, 0.3) is 0 Å². The van der Waals surface area contributed by atoms with Gasteiger partial charge in [0.2, 0.25) is 0 Å². The third-order valence-corrected chi connectivity index (χ3v) is 6.37. The van der Waals surface area contributed by atoms with Crippen LogP contribution in [0.15, 0.2) is 12.2 Å². The summed E-state index contributed by atoms with van der Waals surface area (Å²) in [6, 6.07) is 0. The molecule has 0 saturated heterocycles. The van der Waals surface area contributed by atoms with Crippen LogP contribution in [0.1, 0.15) is 32.6 Å². The van der Waals surface area contributed by atoms with Crippen LogP contribution in [-0.2, 0) is 19.1 Å². The van der Waals surface area contributed by atoms with Crippen molar-refractivity contribution in [3.8, 4) is 0 Å². The Bertz CT molecular complexity index is 511.